The third kappa shape index (κ3) is 3.39. The Hall–Kier alpha value is -0.731. The Balaban J connectivity index is 3.31. The molecule has 18 heavy (non-hydrogen) atoms. The Morgan fingerprint density at radius 3 is 2.33 bits per heavy atom. The summed E-state index contributed by atoms with van der Waals surface area (Å²) in [5, 5.41) is 0. The number of esters is 1. The van der Waals surface area contributed by atoms with Crippen molar-refractivity contribution in [1.29, 1.82) is 0 Å². The summed E-state index contributed by atoms with van der Waals surface area (Å²) < 4.78 is 47.8. The number of nitrogens with zero attached hydrogens (tertiary/aromatic N) is 1. The van der Waals surface area contributed by atoms with Gasteiger partial charge in [0.05, 0.1) is 0 Å². The molecule has 0 aliphatic carbocycles. The number of alkyl halides is 3. The van der Waals surface area contributed by atoms with Gasteiger partial charge in [-0.3, -0.25) is 0 Å². The minimum absolute atomic E-state index is 0.0229. The van der Waals surface area contributed by atoms with Gasteiger partial charge in [-0.15, -0.1) is 0 Å². The quantitative estimate of drug-likeness (QED) is 0.604. The fourth-order valence-electron chi connectivity index (χ4n) is 1.17. The van der Waals surface area contributed by atoms with Gasteiger partial charge >= 0.3 is 106 Å². The van der Waals surface area contributed by atoms with Crippen molar-refractivity contribution in [3.05, 3.63) is 11.5 Å². The van der Waals surface area contributed by atoms with Gasteiger partial charge in [-0.2, -0.15) is 0 Å². The van der Waals surface area contributed by atoms with E-state index in [1.54, 1.807) is 0 Å². The molecule has 0 spiro atoms. The molecular weight excluding hydrogens is 358 g/mol. The first-order valence-electron chi connectivity index (χ1n) is 5.33. The van der Waals surface area contributed by atoms with Crippen LogP contribution in [-0.4, -0.2) is 35.9 Å². The Bertz CT molecular complexity index is 448. The first kappa shape index (κ1) is 15.3. The van der Waals surface area contributed by atoms with Crippen LogP contribution in [0.2, 0.25) is 14.8 Å². The van der Waals surface area contributed by atoms with E-state index in [2.05, 4.69) is 9.72 Å². The summed E-state index contributed by atoms with van der Waals surface area (Å²) in [7, 11) is 0. The van der Waals surface area contributed by atoms with Crippen molar-refractivity contribution < 1.29 is 27.1 Å². The number of carbonyl (C=O) groups excluding carboxylic acids is 1. The third-order valence-electron chi connectivity index (χ3n) is 2.00. The molecule has 0 radical (unpaired) electrons. The number of hydrogen-bond donors (Lipinski definition) is 0. The van der Waals surface area contributed by atoms with E-state index < -0.39 is 42.0 Å². The number of rotatable bonds is 3. The molecule has 0 aromatic carbocycles. The normalized spacial score (nSPS) is 12.6. The second-order valence-electron chi connectivity index (χ2n) is 4.66. The van der Waals surface area contributed by atoms with E-state index >= 15 is 0 Å². The van der Waals surface area contributed by atoms with E-state index in [0.717, 1.165) is 0 Å². The van der Waals surface area contributed by atoms with Crippen LogP contribution in [-0.2, 0) is 10.9 Å². The molecule has 0 amide bonds. The van der Waals surface area contributed by atoms with Crippen LogP contribution >= 0.6 is 0 Å². The molecule has 0 saturated heterocycles. The molecule has 1 aromatic heterocycles. The molecule has 0 atom stereocenters. The monoisotopic (exact) mass is 373 g/mol. The summed E-state index contributed by atoms with van der Waals surface area (Å²) in [6.07, 6.45) is -4.72. The van der Waals surface area contributed by atoms with Gasteiger partial charge in [0.25, 0.3) is 0 Å². The number of hydrogen-bond acceptors (Lipinski definition) is 4. The fraction of sp³-hybridized carbons (Fsp3) is 0.600. The number of ether oxygens (including phenoxy) is 1. The molecule has 0 saturated carbocycles. The molecule has 1 heterocycles. The van der Waals surface area contributed by atoms with E-state index in [0.29, 0.717) is 0 Å². The van der Waals surface area contributed by atoms with Crippen molar-refractivity contribution in [3.63, 3.8) is 0 Å². The van der Waals surface area contributed by atoms with Gasteiger partial charge in [0.15, 0.2) is 0 Å². The number of oxazole rings is 1. The van der Waals surface area contributed by atoms with Crippen LogP contribution < -0.4 is 3.91 Å². The summed E-state index contributed by atoms with van der Waals surface area (Å²) in [4.78, 5) is 20.4. The van der Waals surface area contributed by atoms with E-state index in [1.165, 1.54) is 6.92 Å². The van der Waals surface area contributed by atoms with Crippen molar-refractivity contribution in [1.82, 2.24) is 4.98 Å². The van der Waals surface area contributed by atoms with Gasteiger partial charge in [-0.25, -0.2) is 0 Å². The summed E-state index contributed by atoms with van der Waals surface area (Å²) in [5.74, 6) is -1.97. The van der Waals surface area contributed by atoms with Crippen molar-refractivity contribution in [2.24, 2.45) is 0 Å². The molecule has 0 aliphatic heterocycles. The van der Waals surface area contributed by atoms with Crippen molar-refractivity contribution in [3.8, 4) is 0 Å². The van der Waals surface area contributed by atoms with Crippen LogP contribution in [0.3, 0.4) is 0 Å². The second-order valence-corrected chi connectivity index (χ2v) is 18.7. The average Bonchev–Trinajstić information content (AvgIpc) is 2.60. The average molecular weight is 372 g/mol. The van der Waals surface area contributed by atoms with E-state index in [-0.39, 0.29) is 10.5 Å². The predicted molar refractivity (Wildman–Crippen MR) is 60.4 cm³/mol. The zero-order valence-corrected chi connectivity index (χ0v) is 13.4. The maximum atomic E-state index is 12.7. The Morgan fingerprint density at radius 1 is 1.39 bits per heavy atom. The van der Waals surface area contributed by atoms with Gasteiger partial charge in [0.1, 0.15) is 0 Å². The van der Waals surface area contributed by atoms with E-state index in [1.807, 2.05) is 14.8 Å². The summed E-state index contributed by atoms with van der Waals surface area (Å²) in [6, 6.07) is 0. The van der Waals surface area contributed by atoms with Crippen molar-refractivity contribution in [2.45, 2.75) is 27.9 Å². The standard InChI is InChI=1S/C7H5F3NO3.3CH3.Sn/c1-2-13-6(12)4-5(7(8,9)10)11-3-14-4;;;;/h2H2,1H3;3*1H3;. The molecule has 102 valence electrons. The third-order valence-corrected chi connectivity index (χ3v) is 6.27. The molecule has 1 rings (SSSR count). The molecule has 0 unspecified atom stereocenters. The molecule has 0 fully saturated rings. The van der Waals surface area contributed by atoms with Gasteiger partial charge in [0, 0.05) is 0 Å². The van der Waals surface area contributed by atoms with Gasteiger partial charge < -0.3 is 0 Å². The Labute approximate surface area is 106 Å². The second kappa shape index (κ2) is 5.10. The zero-order valence-electron chi connectivity index (χ0n) is 10.5. The fourth-order valence-corrected chi connectivity index (χ4v) is 3.61. The maximum absolute atomic E-state index is 12.7. The van der Waals surface area contributed by atoms with Crippen LogP contribution in [0.4, 0.5) is 13.2 Å². The molecule has 0 bridgehead atoms. The SMILES string of the molecule is CCOC(=O)c1o[c]([Sn]([CH3])([CH3])[CH3])nc1C(F)(F)F. The number of halogens is 3. The Kier molecular flexibility index (Phi) is 4.34. The Morgan fingerprint density at radius 2 is 1.94 bits per heavy atom. The topological polar surface area (TPSA) is 52.3 Å². The molecule has 0 aliphatic rings. The molecule has 4 nitrogen and oxygen atoms in total. The van der Waals surface area contributed by atoms with Gasteiger partial charge in [0.2, 0.25) is 0 Å². The van der Waals surface area contributed by atoms with Crippen LogP contribution in [0.25, 0.3) is 0 Å². The number of carbonyl (C=O) groups is 1. The first-order chi connectivity index (χ1) is 8.07. The van der Waals surface area contributed by atoms with Crippen molar-refractivity contribution in [2.75, 3.05) is 6.61 Å². The van der Waals surface area contributed by atoms with Crippen LogP contribution in [0.5, 0.6) is 0 Å². The van der Waals surface area contributed by atoms with Gasteiger partial charge in [-0.1, -0.05) is 0 Å². The summed E-state index contributed by atoms with van der Waals surface area (Å²) in [5.41, 5.74) is -1.29. The van der Waals surface area contributed by atoms with E-state index in [4.69, 9.17) is 4.42 Å². The molecule has 8 heteroatoms. The van der Waals surface area contributed by atoms with Crippen LogP contribution in [0.15, 0.2) is 4.42 Å². The molecule has 1 aromatic rings. The first-order valence-corrected chi connectivity index (χ1v) is 15.3. The summed E-state index contributed by atoms with van der Waals surface area (Å²) in [6.45, 7) is 1.48. The minimum atomic E-state index is -4.72. The zero-order chi connectivity index (χ0) is 14.1. The van der Waals surface area contributed by atoms with E-state index in [9.17, 15) is 18.0 Å². The van der Waals surface area contributed by atoms with Crippen LogP contribution in [0, 0.1) is 0 Å². The predicted octanol–water partition coefficient (Wildman–Crippen LogP) is 2.42. The van der Waals surface area contributed by atoms with Crippen LogP contribution in [0.1, 0.15) is 23.2 Å². The van der Waals surface area contributed by atoms with Gasteiger partial charge in [-0.05, 0) is 0 Å². The van der Waals surface area contributed by atoms with Crippen molar-refractivity contribution >= 4 is 28.3 Å². The number of aromatic nitrogens is 1. The molecular formula is C10H14F3NO3Sn. The molecule has 0 N–H and O–H groups in total. The summed E-state index contributed by atoms with van der Waals surface area (Å²) >= 11 is -2.92.